The summed E-state index contributed by atoms with van der Waals surface area (Å²) in [5.41, 5.74) is 2.16. The maximum atomic E-state index is 12.0. The predicted molar refractivity (Wildman–Crippen MR) is 85.5 cm³/mol. The van der Waals surface area contributed by atoms with Crippen molar-refractivity contribution in [3.8, 4) is 0 Å². The number of ether oxygens (including phenoxy) is 2. The molecule has 0 bridgehead atoms. The fraction of sp³-hybridized carbons (Fsp3) is 0.471. The van der Waals surface area contributed by atoms with Crippen molar-refractivity contribution in [2.75, 3.05) is 13.1 Å². The molecule has 6 nitrogen and oxygen atoms in total. The van der Waals surface area contributed by atoms with E-state index in [1.807, 2.05) is 39.0 Å². The van der Waals surface area contributed by atoms with E-state index in [0.717, 1.165) is 11.1 Å². The molecule has 0 saturated heterocycles. The maximum absolute atomic E-state index is 12.0. The number of nitrogens with zero attached hydrogens (tertiary/aromatic N) is 2. The van der Waals surface area contributed by atoms with Gasteiger partial charge in [-0.25, -0.2) is 4.79 Å². The fourth-order valence-electron chi connectivity index (χ4n) is 2.11. The molecule has 2 rings (SSSR count). The highest BCUT2D eigenvalue weighted by Crippen LogP contribution is 2.22. The van der Waals surface area contributed by atoms with Crippen LogP contribution in [0.15, 0.2) is 24.4 Å². The summed E-state index contributed by atoms with van der Waals surface area (Å²) in [7, 11) is 0. The van der Waals surface area contributed by atoms with Gasteiger partial charge in [0, 0.05) is 26.2 Å². The van der Waals surface area contributed by atoms with Gasteiger partial charge in [-0.3, -0.25) is 9.78 Å². The summed E-state index contributed by atoms with van der Waals surface area (Å²) >= 11 is 0. The lowest BCUT2D eigenvalue weighted by molar-refractivity contribution is -0.142. The van der Waals surface area contributed by atoms with Crippen LogP contribution < -0.4 is 0 Å². The normalized spacial score (nSPS) is 14.4. The van der Waals surface area contributed by atoms with Gasteiger partial charge in [0.2, 0.25) is 0 Å². The fourth-order valence-corrected chi connectivity index (χ4v) is 2.11. The van der Waals surface area contributed by atoms with Gasteiger partial charge in [0.1, 0.15) is 12.2 Å². The van der Waals surface area contributed by atoms with Gasteiger partial charge in [-0.05, 0) is 38.0 Å². The Hall–Kier alpha value is -2.37. The molecule has 0 fully saturated rings. The third-order valence-electron chi connectivity index (χ3n) is 3.19. The Kier molecular flexibility index (Phi) is 5.03. The summed E-state index contributed by atoms with van der Waals surface area (Å²) in [4.78, 5) is 28.7. The highest BCUT2D eigenvalue weighted by atomic mass is 16.6. The van der Waals surface area contributed by atoms with Crippen LogP contribution in [0.2, 0.25) is 0 Å². The van der Waals surface area contributed by atoms with Crippen molar-refractivity contribution in [2.24, 2.45) is 0 Å². The zero-order valence-electron chi connectivity index (χ0n) is 14.0. The molecule has 1 amide bonds. The van der Waals surface area contributed by atoms with Gasteiger partial charge >= 0.3 is 12.1 Å². The molecule has 0 radical (unpaired) electrons. The number of esters is 1. The second kappa shape index (κ2) is 6.81. The van der Waals surface area contributed by atoms with Gasteiger partial charge < -0.3 is 14.4 Å². The number of amides is 1. The van der Waals surface area contributed by atoms with Gasteiger partial charge in [-0.1, -0.05) is 12.1 Å². The van der Waals surface area contributed by atoms with Gasteiger partial charge in [-0.2, -0.15) is 0 Å². The molecule has 0 N–H and O–H groups in total. The van der Waals surface area contributed by atoms with Crippen LogP contribution in [0.4, 0.5) is 4.79 Å². The quantitative estimate of drug-likeness (QED) is 0.802. The van der Waals surface area contributed by atoms with Crippen LogP contribution in [-0.2, 0) is 20.9 Å². The minimum absolute atomic E-state index is 0.165. The summed E-state index contributed by atoms with van der Waals surface area (Å²) in [5.74, 6) is -0.331. The SMILES string of the molecule is CC(=O)OCc1ccc(C2=CCN(C(=O)OC(C)(C)C)C2)cn1. The number of aromatic nitrogens is 1. The Morgan fingerprint density at radius 3 is 2.61 bits per heavy atom. The van der Waals surface area contributed by atoms with Crippen molar-refractivity contribution in [2.45, 2.75) is 39.9 Å². The number of carbonyl (C=O) groups is 2. The lowest BCUT2D eigenvalue weighted by atomic mass is 10.1. The molecule has 6 heteroatoms. The molecule has 124 valence electrons. The molecule has 0 aliphatic carbocycles. The van der Waals surface area contributed by atoms with Crippen molar-refractivity contribution in [3.63, 3.8) is 0 Å². The predicted octanol–water partition coefficient (Wildman–Crippen LogP) is 2.78. The zero-order valence-corrected chi connectivity index (χ0v) is 14.0. The molecule has 1 aliphatic rings. The minimum Gasteiger partial charge on any atom is -0.459 e. The number of rotatable bonds is 3. The van der Waals surface area contributed by atoms with Gasteiger partial charge in [0.05, 0.1) is 5.69 Å². The standard InChI is InChI=1S/C17H22N2O4/c1-12(20)22-11-15-6-5-13(9-18-15)14-7-8-19(10-14)16(21)23-17(2,3)4/h5-7,9H,8,10-11H2,1-4H3. The Labute approximate surface area is 136 Å². The first-order chi connectivity index (χ1) is 10.7. The summed E-state index contributed by atoms with van der Waals surface area (Å²) in [5, 5.41) is 0. The molecule has 1 aromatic rings. The number of carbonyl (C=O) groups excluding carboxylic acids is 2. The van der Waals surface area contributed by atoms with Crippen LogP contribution in [0.3, 0.4) is 0 Å². The van der Waals surface area contributed by atoms with Crippen molar-refractivity contribution < 1.29 is 19.1 Å². The highest BCUT2D eigenvalue weighted by Gasteiger charge is 2.25. The summed E-state index contributed by atoms with van der Waals surface area (Å²) < 4.78 is 10.3. The van der Waals surface area contributed by atoms with Gasteiger partial charge in [0.25, 0.3) is 0 Å². The van der Waals surface area contributed by atoms with Crippen molar-refractivity contribution in [3.05, 3.63) is 35.7 Å². The van der Waals surface area contributed by atoms with E-state index in [1.165, 1.54) is 6.92 Å². The molecule has 0 aromatic carbocycles. The number of pyridine rings is 1. The molecular formula is C17H22N2O4. The third-order valence-corrected chi connectivity index (χ3v) is 3.19. The van der Waals surface area contributed by atoms with E-state index >= 15 is 0 Å². The average Bonchev–Trinajstić information content (AvgIpc) is 2.94. The van der Waals surface area contributed by atoms with Crippen LogP contribution in [-0.4, -0.2) is 40.6 Å². The van der Waals surface area contributed by atoms with E-state index < -0.39 is 5.60 Å². The van der Waals surface area contributed by atoms with E-state index in [-0.39, 0.29) is 18.7 Å². The molecule has 1 aliphatic heterocycles. The van der Waals surface area contributed by atoms with Crippen LogP contribution in [0, 0.1) is 0 Å². The average molecular weight is 318 g/mol. The molecule has 2 heterocycles. The molecule has 0 atom stereocenters. The number of hydrogen-bond acceptors (Lipinski definition) is 5. The van der Waals surface area contributed by atoms with E-state index in [4.69, 9.17) is 9.47 Å². The van der Waals surface area contributed by atoms with Crippen molar-refractivity contribution in [1.82, 2.24) is 9.88 Å². The second-order valence-electron chi connectivity index (χ2n) is 6.41. The van der Waals surface area contributed by atoms with Crippen LogP contribution >= 0.6 is 0 Å². The molecule has 23 heavy (non-hydrogen) atoms. The first-order valence-corrected chi connectivity index (χ1v) is 7.50. The topological polar surface area (TPSA) is 68.7 Å². The van der Waals surface area contributed by atoms with E-state index in [9.17, 15) is 9.59 Å². The molecule has 0 spiro atoms. The van der Waals surface area contributed by atoms with Crippen LogP contribution in [0.1, 0.15) is 39.0 Å². The minimum atomic E-state index is -0.500. The van der Waals surface area contributed by atoms with E-state index in [1.54, 1.807) is 11.1 Å². The smallest absolute Gasteiger partial charge is 0.410 e. The van der Waals surface area contributed by atoms with Gasteiger partial charge in [-0.15, -0.1) is 0 Å². The summed E-state index contributed by atoms with van der Waals surface area (Å²) in [6.07, 6.45) is 3.40. The molecule has 0 saturated carbocycles. The van der Waals surface area contributed by atoms with Gasteiger partial charge in [0.15, 0.2) is 0 Å². The van der Waals surface area contributed by atoms with Crippen molar-refractivity contribution in [1.29, 1.82) is 0 Å². The molecule has 0 unspecified atom stereocenters. The monoisotopic (exact) mass is 318 g/mol. The highest BCUT2D eigenvalue weighted by molar-refractivity contribution is 5.77. The number of hydrogen-bond donors (Lipinski definition) is 0. The Balaban J connectivity index is 1.93. The lowest BCUT2D eigenvalue weighted by Gasteiger charge is -2.24. The Morgan fingerprint density at radius 2 is 2.04 bits per heavy atom. The zero-order chi connectivity index (χ0) is 17.0. The molecular weight excluding hydrogens is 296 g/mol. The van der Waals surface area contributed by atoms with Crippen LogP contribution in [0.25, 0.3) is 5.57 Å². The second-order valence-corrected chi connectivity index (χ2v) is 6.41. The summed E-state index contributed by atoms with van der Waals surface area (Å²) in [6.45, 7) is 8.10. The maximum Gasteiger partial charge on any atom is 0.410 e. The van der Waals surface area contributed by atoms with E-state index in [2.05, 4.69) is 4.98 Å². The third kappa shape index (κ3) is 5.09. The summed E-state index contributed by atoms with van der Waals surface area (Å²) in [6, 6.07) is 3.73. The lowest BCUT2D eigenvalue weighted by Crippen LogP contribution is -2.35. The molecule has 1 aromatic heterocycles. The Bertz CT molecular complexity index is 614. The largest absolute Gasteiger partial charge is 0.459 e. The van der Waals surface area contributed by atoms with Crippen molar-refractivity contribution >= 4 is 17.6 Å². The first kappa shape index (κ1) is 17.0. The Morgan fingerprint density at radius 1 is 1.30 bits per heavy atom. The first-order valence-electron chi connectivity index (χ1n) is 7.50. The van der Waals surface area contributed by atoms with E-state index in [0.29, 0.717) is 18.8 Å². The van der Waals surface area contributed by atoms with Crippen LogP contribution in [0.5, 0.6) is 0 Å².